The molecule has 33 heavy (non-hydrogen) atoms. The van der Waals surface area contributed by atoms with Crippen LogP contribution in [0.3, 0.4) is 0 Å². The molecule has 1 fully saturated rings. The van der Waals surface area contributed by atoms with E-state index in [4.69, 9.17) is 0 Å². The molecule has 4 rings (SSSR count). The molecule has 2 heterocycles. The summed E-state index contributed by atoms with van der Waals surface area (Å²) in [6.45, 7) is 1.14. The molecular weight excluding hydrogens is 410 g/mol. The standard InChI is InChI=1S/C28H31N3O2/c1-30(2)27(33)28(19-22-11-13-25(14-12-22)24-9-4-3-5-10-24)15-7-17-31(21-28)26(32)18-23-8-6-16-29-20-23/h3-6,8-14,16,20H,7,15,17-19,21H2,1-2H3. The van der Waals surface area contributed by atoms with Crippen LogP contribution < -0.4 is 0 Å². The number of pyridine rings is 1. The second-order valence-electron chi connectivity index (χ2n) is 9.18. The summed E-state index contributed by atoms with van der Waals surface area (Å²) >= 11 is 0. The normalized spacial score (nSPS) is 18.1. The summed E-state index contributed by atoms with van der Waals surface area (Å²) in [5, 5.41) is 0. The first-order chi connectivity index (χ1) is 16.0. The fraction of sp³-hybridized carbons (Fsp3) is 0.321. The summed E-state index contributed by atoms with van der Waals surface area (Å²) in [4.78, 5) is 34.2. The van der Waals surface area contributed by atoms with Crippen LogP contribution in [0.2, 0.25) is 0 Å². The van der Waals surface area contributed by atoms with E-state index in [2.05, 4.69) is 41.4 Å². The molecule has 5 nitrogen and oxygen atoms in total. The van der Waals surface area contributed by atoms with Gasteiger partial charge in [0.25, 0.3) is 0 Å². The van der Waals surface area contributed by atoms with E-state index < -0.39 is 5.41 Å². The molecule has 0 aliphatic carbocycles. The van der Waals surface area contributed by atoms with Gasteiger partial charge in [-0.15, -0.1) is 0 Å². The van der Waals surface area contributed by atoms with Crippen molar-refractivity contribution in [3.63, 3.8) is 0 Å². The fourth-order valence-corrected chi connectivity index (χ4v) is 4.84. The third kappa shape index (κ3) is 5.30. The van der Waals surface area contributed by atoms with Gasteiger partial charge in [0.05, 0.1) is 11.8 Å². The maximum Gasteiger partial charge on any atom is 0.230 e. The number of likely N-dealkylation sites (tertiary alicyclic amines) is 1. The summed E-state index contributed by atoms with van der Waals surface area (Å²) in [6.07, 6.45) is 5.97. The molecule has 0 radical (unpaired) electrons. The Morgan fingerprint density at radius 2 is 1.67 bits per heavy atom. The lowest BCUT2D eigenvalue weighted by atomic mass is 9.73. The Balaban J connectivity index is 1.54. The molecule has 1 saturated heterocycles. The SMILES string of the molecule is CN(C)C(=O)C1(Cc2ccc(-c3ccccc3)cc2)CCCN(C(=O)Cc2cccnc2)C1. The van der Waals surface area contributed by atoms with Gasteiger partial charge < -0.3 is 9.80 Å². The molecule has 2 amide bonds. The highest BCUT2D eigenvalue weighted by Crippen LogP contribution is 2.36. The summed E-state index contributed by atoms with van der Waals surface area (Å²) in [5.74, 6) is 0.145. The molecule has 1 aliphatic rings. The molecule has 1 unspecified atom stereocenters. The quantitative estimate of drug-likeness (QED) is 0.575. The van der Waals surface area contributed by atoms with Crippen molar-refractivity contribution in [2.45, 2.75) is 25.7 Å². The lowest BCUT2D eigenvalue weighted by Gasteiger charge is -2.43. The maximum atomic E-state index is 13.4. The van der Waals surface area contributed by atoms with E-state index in [1.165, 1.54) is 5.56 Å². The highest BCUT2D eigenvalue weighted by Gasteiger charge is 2.44. The second-order valence-corrected chi connectivity index (χ2v) is 9.18. The molecule has 5 heteroatoms. The molecule has 3 aromatic rings. The van der Waals surface area contributed by atoms with Gasteiger partial charge in [-0.1, -0.05) is 60.7 Å². The zero-order valence-corrected chi connectivity index (χ0v) is 19.4. The summed E-state index contributed by atoms with van der Waals surface area (Å²) in [5.41, 5.74) is 3.73. The molecule has 170 valence electrons. The average Bonchev–Trinajstić information content (AvgIpc) is 2.85. The van der Waals surface area contributed by atoms with Gasteiger partial charge in [-0.3, -0.25) is 14.6 Å². The summed E-state index contributed by atoms with van der Waals surface area (Å²) < 4.78 is 0. The first-order valence-electron chi connectivity index (χ1n) is 11.5. The Morgan fingerprint density at radius 3 is 2.33 bits per heavy atom. The first kappa shape index (κ1) is 22.7. The van der Waals surface area contributed by atoms with Crippen LogP contribution in [0.4, 0.5) is 0 Å². The van der Waals surface area contributed by atoms with E-state index in [0.717, 1.165) is 29.5 Å². The molecular formula is C28H31N3O2. The van der Waals surface area contributed by atoms with Crippen molar-refractivity contribution < 1.29 is 9.59 Å². The van der Waals surface area contributed by atoms with Crippen LogP contribution in [0, 0.1) is 5.41 Å². The minimum Gasteiger partial charge on any atom is -0.348 e. The molecule has 0 bridgehead atoms. The Hall–Kier alpha value is -3.47. The van der Waals surface area contributed by atoms with Crippen LogP contribution in [0.5, 0.6) is 0 Å². The number of rotatable bonds is 6. The van der Waals surface area contributed by atoms with Gasteiger partial charge in [-0.05, 0) is 47.6 Å². The maximum absolute atomic E-state index is 13.4. The first-order valence-corrected chi connectivity index (χ1v) is 11.5. The van der Waals surface area contributed by atoms with Crippen LogP contribution in [0.1, 0.15) is 24.0 Å². The smallest absolute Gasteiger partial charge is 0.230 e. The number of carbonyl (C=O) groups excluding carboxylic acids is 2. The van der Waals surface area contributed by atoms with Crippen molar-refractivity contribution in [2.24, 2.45) is 5.41 Å². The largest absolute Gasteiger partial charge is 0.348 e. The summed E-state index contributed by atoms with van der Waals surface area (Å²) in [7, 11) is 3.61. The fourth-order valence-electron chi connectivity index (χ4n) is 4.84. The predicted octanol–water partition coefficient (Wildman–Crippen LogP) is 4.23. The minimum absolute atomic E-state index is 0.0538. The molecule has 1 aliphatic heterocycles. The molecule has 0 N–H and O–H groups in total. The highest BCUT2D eigenvalue weighted by molar-refractivity contribution is 5.85. The third-order valence-corrected chi connectivity index (χ3v) is 6.47. The Morgan fingerprint density at radius 1 is 0.939 bits per heavy atom. The number of hydrogen-bond donors (Lipinski definition) is 0. The number of carbonyl (C=O) groups is 2. The van der Waals surface area contributed by atoms with E-state index in [-0.39, 0.29) is 11.8 Å². The van der Waals surface area contributed by atoms with E-state index in [1.54, 1.807) is 31.4 Å². The van der Waals surface area contributed by atoms with Crippen molar-refractivity contribution in [3.05, 3.63) is 90.3 Å². The van der Waals surface area contributed by atoms with E-state index in [9.17, 15) is 9.59 Å². The molecule has 0 saturated carbocycles. The predicted molar refractivity (Wildman–Crippen MR) is 130 cm³/mol. The van der Waals surface area contributed by atoms with Crippen LogP contribution in [0.15, 0.2) is 79.1 Å². The highest BCUT2D eigenvalue weighted by atomic mass is 16.2. The second kappa shape index (κ2) is 9.99. The van der Waals surface area contributed by atoms with Gasteiger partial charge in [0.2, 0.25) is 11.8 Å². The Bertz CT molecular complexity index is 1080. The van der Waals surface area contributed by atoms with Gasteiger partial charge in [0.1, 0.15) is 0 Å². The van der Waals surface area contributed by atoms with Crippen molar-refractivity contribution >= 4 is 11.8 Å². The summed E-state index contributed by atoms with van der Waals surface area (Å²) in [6, 6.07) is 22.5. The minimum atomic E-state index is -0.611. The van der Waals surface area contributed by atoms with Gasteiger partial charge in [-0.2, -0.15) is 0 Å². The van der Waals surface area contributed by atoms with Crippen molar-refractivity contribution in [3.8, 4) is 11.1 Å². The van der Waals surface area contributed by atoms with Crippen molar-refractivity contribution in [2.75, 3.05) is 27.2 Å². The molecule has 1 atom stereocenters. The number of amides is 2. The number of nitrogens with zero attached hydrogens (tertiary/aromatic N) is 3. The van der Waals surface area contributed by atoms with Gasteiger partial charge in [0.15, 0.2) is 0 Å². The van der Waals surface area contributed by atoms with E-state index in [1.807, 2.05) is 35.2 Å². The van der Waals surface area contributed by atoms with Crippen molar-refractivity contribution in [1.29, 1.82) is 0 Å². The van der Waals surface area contributed by atoms with Crippen LogP contribution in [0.25, 0.3) is 11.1 Å². The van der Waals surface area contributed by atoms with Crippen LogP contribution in [-0.2, 0) is 22.4 Å². The third-order valence-electron chi connectivity index (χ3n) is 6.47. The van der Waals surface area contributed by atoms with Crippen molar-refractivity contribution in [1.82, 2.24) is 14.8 Å². The molecule has 2 aromatic carbocycles. The number of hydrogen-bond acceptors (Lipinski definition) is 3. The Labute approximate surface area is 196 Å². The van der Waals surface area contributed by atoms with Crippen LogP contribution in [-0.4, -0.2) is 53.8 Å². The molecule has 0 spiro atoms. The Kier molecular flexibility index (Phi) is 6.87. The zero-order chi connectivity index (χ0) is 23.3. The average molecular weight is 442 g/mol. The lowest BCUT2D eigenvalue weighted by Crippen LogP contribution is -2.54. The van der Waals surface area contributed by atoms with Gasteiger partial charge >= 0.3 is 0 Å². The lowest BCUT2D eigenvalue weighted by molar-refractivity contribution is -0.147. The van der Waals surface area contributed by atoms with Crippen LogP contribution >= 0.6 is 0 Å². The number of aromatic nitrogens is 1. The van der Waals surface area contributed by atoms with E-state index in [0.29, 0.717) is 25.9 Å². The number of benzene rings is 2. The van der Waals surface area contributed by atoms with Gasteiger partial charge in [-0.25, -0.2) is 0 Å². The zero-order valence-electron chi connectivity index (χ0n) is 19.4. The number of piperidine rings is 1. The van der Waals surface area contributed by atoms with Gasteiger partial charge in [0, 0.05) is 39.6 Å². The topological polar surface area (TPSA) is 53.5 Å². The monoisotopic (exact) mass is 441 g/mol. The molecule has 1 aromatic heterocycles. The van der Waals surface area contributed by atoms with E-state index >= 15 is 0 Å².